The SMILES string of the molecule is CC(Sc1nnc(N2CCOCC2)s1)C(=O)Nc1cccc(Cl)c1Cl. The normalized spacial score (nSPS) is 15.9. The fraction of sp³-hybridized carbons (Fsp3) is 0.400. The molecule has 1 saturated heterocycles. The molecule has 1 amide bonds. The second kappa shape index (κ2) is 8.55. The Bertz CT molecular complexity index is 753. The zero-order valence-corrected chi connectivity index (χ0v) is 16.5. The lowest BCUT2D eigenvalue weighted by Crippen LogP contribution is -2.36. The monoisotopic (exact) mass is 418 g/mol. The minimum Gasteiger partial charge on any atom is -0.378 e. The highest BCUT2D eigenvalue weighted by atomic mass is 35.5. The number of morpholine rings is 1. The van der Waals surface area contributed by atoms with Gasteiger partial charge in [0.15, 0.2) is 4.34 Å². The molecule has 1 atom stereocenters. The molecule has 0 saturated carbocycles. The van der Waals surface area contributed by atoms with E-state index < -0.39 is 0 Å². The van der Waals surface area contributed by atoms with Gasteiger partial charge in [-0.2, -0.15) is 0 Å². The molecule has 0 bridgehead atoms. The summed E-state index contributed by atoms with van der Waals surface area (Å²) >= 11 is 14.9. The predicted octanol–water partition coefficient (Wildman–Crippen LogP) is 3.80. The van der Waals surface area contributed by atoms with E-state index >= 15 is 0 Å². The van der Waals surface area contributed by atoms with Gasteiger partial charge in [0, 0.05) is 13.1 Å². The highest BCUT2D eigenvalue weighted by Crippen LogP contribution is 2.33. The smallest absolute Gasteiger partial charge is 0.237 e. The molecule has 1 aliphatic rings. The third kappa shape index (κ3) is 4.77. The number of nitrogens with one attached hydrogen (secondary N) is 1. The van der Waals surface area contributed by atoms with Crippen molar-refractivity contribution in [2.45, 2.75) is 16.5 Å². The van der Waals surface area contributed by atoms with Gasteiger partial charge in [-0.25, -0.2) is 0 Å². The van der Waals surface area contributed by atoms with Gasteiger partial charge in [0.25, 0.3) is 0 Å². The summed E-state index contributed by atoms with van der Waals surface area (Å²) in [7, 11) is 0. The Morgan fingerprint density at radius 2 is 2.12 bits per heavy atom. The summed E-state index contributed by atoms with van der Waals surface area (Å²) < 4.78 is 6.09. The molecule has 0 aliphatic carbocycles. The zero-order valence-electron chi connectivity index (χ0n) is 13.4. The van der Waals surface area contributed by atoms with Gasteiger partial charge in [-0.05, 0) is 19.1 Å². The molecule has 1 aliphatic heterocycles. The number of anilines is 2. The molecular weight excluding hydrogens is 403 g/mol. The van der Waals surface area contributed by atoms with Crippen molar-refractivity contribution in [1.82, 2.24) is 10.2 Å². The fourth-order valence-corrected chi connectivity index (χ4v) is 4.56. The molecule has 1 fully saturated rings. The van der Waals surface area contributed by atoms with Gasteiger partial charge in [0.2, 0.25) is 11.0 Å². The lowest BCUT2D eigenvalue weighted by molar-refractivity contribution is -0.115. The van der Waals surface area contributed by atoms with E-state index in [2.05, 4.69) is 20.4 Å². The van der Waals surface area contributed by atoms with Crippen molar-refractivity contribution in [2.24, 2.45) is 0 Å². The average molecular weight is 419 g/mol. The number of halogens is 2. The number of carbonyl (C=O) groups excluding carboxylic acids is 1. The Balaban J connectivity index is 1.60. The average Bonchev–Trinajstić information content (AvgIpc) is 3.08. The first-order valence-electron chi connectivity index (χ1n) is 7.62. The molecule has 6 nitrogen and oxygen atoms in total. The molecule has 0 spiro atoms. The van der Waals surface area contributed by atoms with Crippen LogP contribution in [-0.2, 0) is 9.53 Å². The molecular formula is C15H16Cl2N4O2S2. The van der Waals surface area contributed by atoms with Crippen LogP contribution in [0, 0.1) is 0 Å². The van der Waals surface area contributed by atoms with Gasteiger partial charge >= 0.3 is 0 Å². The second-order valence-corrected chi connectivity index (χ2v) is 8.63. The number of thioether (sulfide) groups is 1. The predicted molar refractivity (Wildman–Crippen MR) is 103 cm³/mol. The number of carbonyl (C=O) groups is 1. The summed E-state index contributed by atoms with van der Waals surface area (Å²) in [5.41, 5.74) is 0.498. The quantitative estimate of drug-likeness (QED) is 0.744. The van der Waals surface area contributed by atoms with E-state index in [1.165, 1.54) is 23.1 Å². The van der Waals surface area contributed by atoms with Crippen LogP contribution in [0.25, 0.3) is 0 Å². The van der Waals surface area contributed by atoms with Gasteiger partial charge in [-0.1, -0.05) is 52.4 Å². The first-order valence-corrected chi connectivity index (χ1v) is 10.1. The first kappa shape index (κ1) is 18.7. The molecule has 10 heteroatoms. The van der Waals surface area contributed by atoms with Crippen LogP contribution in [-0.4, -0.2) is 47.7 Å². The van der Waals surface area contributed by atoms with E-state index in [0.717, 1.165) is 22.6 Å². The van der Waals surface area contributed by atoms with Gasteiger partial charge in [0.1, 0.15) is 0 Å². The van der Waals surface area contributed by atoms with Crippen LogP contribution in [0.3, 0.4) is 0 Å². The van der Waals surface area contributed by atoms with E-state index in [9.17, 15) is 4.79 Å². The molecule has 0 radical (unpaired) electrons. The van der Waals surface area contributed by atoms with Crippen molar-refractivity contribution in [3.8, 4) is 0 Å². The molecule has 1 unspecified atom stereocenters. The summed E-state index contributed by atoms with van der Waals surface area (Å²) in [5, 5.41) is 12.4. The van der Waals surface area contributed by atoms with Gasteiger partial charge in [0.05, 0.1) is 34.2 Å². The standard InChI is InChI=1S/C15H16Cl2N4O2S2/c1-9(13(22)18-11-4-2-3-10(16)12(11)17)24-15-20-19-14(25-15)21-5-7-23-8-6-21/h2-4,9H,5-8H2,1H3,(H,18,22). The largest absolute Gasteiger partial charge is 0.378 e. The van der Waals surface area contributed by atoms with Gasteiger partial charge in [-0.15, -0.1) is 10.2 Å². The van der Waals surface area contributed by atoms with Crippen molar-refractivity contribution in [3.05, 3.63) is 28.2 Å². The van der Waals surface area contributed by atoms with Crippen LogP contribution in [0.4, 0.5) is 10.8 Å². The number of amides is 1. The topological polar surface area (TPSA) is 67.3 Å². The minimum absolute atomic E-state index is 0.169. The summed E-state index contributed by atoms with van der Waals surface area (Å²) in [6, 6.07) is 5.12. The number of rotatable bonds is 5. The highest BCUT2D eigenvalue weighted by molar-refractivity contribution is 8.02. The molecule has 25 heavy (non-hydrogen) atoms. The van der Waals surface area contributed by atoms with Crippen LogP contribution in [0.1, 0.15) is 6.92 Å². The van der Waals surface area contributed by atoms with Crippen LogP contribution >= 0.6 is 46.3 Å². The van der Waals surface area contributed by atoms with Crippen molar-refractivity contribution < 1.29 is 9.53 Å². The minimum atomic E-state index is -0.347. The van der Waals surface area contributed by atoms with E-state index in [1.807, 2.05) is 6.92 Å². The Morgan fingerprint density at radius 3 is 2.88 bits per heavy atom. The molecule has 2 aromatic rings. The second-order valence-electron chi connectivity index (χ2n) is 5.30. The van der Waals surface area contributed by atoms with Gasteiger partial charge < -0.3 is 15.0 Å². The van der Waals surface area contributed by atoms with Crippen molar-refractivity contribution in [2.75, 3.05) is 36.5 Å². The van der Waals surface area contributed by atoms with E-state index in [4.69, 9.17) is 27.9 Å². The Kier molecular flexibility index (Phi) is 6.40. The number of hydrogen-bond acceptors (Lipinski definition) is 7. The number of ether oxygens (including phenoxy) is 1. The number of benzene rings is 1. The van der Waals surface area contributed by atoms with E-state index in [0.29, 0.717) is 28.9 Å². The number of nitrogens with zero attached hydrogens (tertiary/aromatic N) is 3. The zero-order chi connectivity index (χ0) is 17.8. The van der Waals surface area contributed by atoms with E-state index in [1.54, 1.807) is 18.2 Å². The lowest BCUT2D eigenvalue weighted by atomic mass is 10.3. The maximum absolute atomic E-state index is 12.4. The summed E-state index contributed by atoms with van der Waals surface area (Å²) in [4.78, 5) is 14.5. The van der Waals surface area contributed by atoms with Crippen LogP contribution in [0.5, 0.6) is 0 Å². The first-order chi connectivity index (χ1) is 12.0. The Labute approximate surface area is 163 Å². The third-order valence-electron chi connectivity index (χ3n) is 3.53. The summed E-state index contributed by atoms with van der Waals surface area (Å²) in [6.45, 7) is 4.82. The van der Waals surface area contributed by atoms with Crippen LogP contribution in [0.2, 0.25) is 10.0 Å². The lowest BCUT2D eigenvalue weighted by Gasteiger charge is -2.25. The maximum atomic E-state index is 12.4. The van der Waals surface area contributed by atoms with Crippen molar-refractivity contribution in [3.63, 3.8) is 0 Å². The molecule has 3 rings (SSSR count). The Morgan fingerprint density at radius 1 is 1.36 bits per heavy atom. The molecule has 1 aromatic carbocycles. The molecule has 1 aromatic heterocycles. The molecule has 134 valence electrons. The van der Waals surface area contributed by atoms with Crippen LogP contribution in [0.15, 0.2) is 22.5 Å². The molecule has 2 heterocycles. The summed E-state index contributed by atoms with van der Waals surface area (Å²) in [5.74, 6) is -0.169. The van der Waals surface area contributed by atoms with Gasteiger partial charge in [-0.3, -0.25) is 4.79 Å². The third-order valence-corrected chi connectivity index (χ3v) is 6.52. The maximum Gasteiger partial charge on any atom is 0.237 e. The number of aromatic nitrogens is 2. The van der Waals surface area contributed by atoms with Crippen molar-refractivity contribution >= 4 is 63.0 Å². The number of hydrogen-bond donors (Lipinski definition) is 1. The van der Waals surface area contributed by atoms with E-state index in [-0.39, 0.29) is 11.2 Å². The summed E-state index contributed by atoms with van der Waals surface area (Å²) in [6.07, 6.45) is 0. The Hall–Kier alpha value is -1.06. The van der Waals surface area contributed by atoms with Crippen LogP contribution < -0.4 is 10.2 Å². The molecule has 1 N–H and O–H groups in total. The highest BCUT2D eigenvalue weighted by Gasteiger charge is 2.21. The fourth-order valence-electron chi connectivity index (χ4n) is 2.17. The van der Waals surface area contributed by atoms with Crippen molar-refractivity contribution in [1.29, 1.82) is 0 Å².